The summed E-state index contributed by atoms with van der Waals surface area (Å²) in [6.45, 7) is 3.40. The lowest BCUT2D eigenvalue weighted by Crippen LogP contribution is -2.21. The van der Waals surface area contributed by atoms with Crippen molar-refractivity contribution in [2.24, 2.45) is 0 Å². The molecule has 1 unspecified atom stereocenters. The van der Waals surface area contributed by atoms with E-state index in [1.54, 1.807) is 31.2 Å². The molecule has 0 saturated carbocycles. The molecule has 0 aromatic heterocycles. The summed E-state index contributed by atoms with van der Waals surface area (Å²) >= 11 is 0. The molecule has 0 aliphatic heterocycles. The summed E-state index contributed by atoms with van der Waals surface area (Å²) in [5.74, 6) is -0.141. The molecule has 1 rings (SSSR count). The minimum Gasteiger partial charge on any atom is -0.464 e. The number of esters is 1. The van der Waals surface area contributed by atoms with Gasteiger partial charge in [0.15, 0.2) is 5.75 Å². The fourth-order valence-corrected chi connectivity index (χ4v) is 1.70. The lowest BCUT2D eigenvalue weighted by atomic mass is 10.3. The monoisotopic (exact) mass is 257 g/mol. The molecule has 0 aliphatic rings. The Bertz CT molecular complexity index is 379. The van der Waals surface area contributed by atoms with E-state index in [0.717, 1.165) is 0 Å². The SMILES string of the molecule is CCOC(=O)[C@H](C)O[P+](=O)Oc1ccccc1. The third-order valence-electron chi connectivity index (χ3n) is 1.79. The predicted octanol–water partition coefficient (Wildman–Crippen LogP) is 2.69. The van der Waals surface area contributed by atoms with E-state index in [1.165, 1.54) is 6.92 Å². The van der Waals surface area contributed by atoms with Crippen LogP contribution >= 0.6 is 8.25 Å². The van der Waals surface area contributed by atoms with Gasteiger partial charge in [-0.25, -0.2) is 9.32 Å². The fraction of sp³-hybridized carbons (Fsp3) is 0.364. The molecule has 0 bridgehead atoms. The van der Waals surface area contributed by atoms with Gasteiger partial charge in [0.2, 0.25) is 6.10 Å². The highest BCUT2D eigenvalue weighted by Crippen LogP contribution is 2.29. The second kappa shape index (κ2) is 6.99. The lowest BCUT2D eigenvalue weighted by molar-refractivity contribution is -0.150. The van der Waals surface area contributed by atoms with Crippen LogP contribution in [0.3, 0.4) is 0 Å². The summed E-state index contributed by atoms with van der Waals surface area (Å²) in [6, 6.07) is 8.58. The van der Waals surface area contributed by atoms with E-state index in [1.807, 2.05) is 6.07 Å². The highest BCUT2D eigenvalue weighted by molar-refractivity contribution is 7.33. The Morgan fingerprint density at radius 2 is 2.00 bits per heavy atom. The van der Waals surface area contributed by atoms with Gasteiger partial charge in [-0.3, -0.25) is 0 Å². The Morgan fingerprint density at radius 1 is 1.35 bits per heavy atom. The summed E-state index contributed by atoms with van der Waals surface area (Å²) in [7, 11) is -2.39. The number of para-hydroxylation sites is 1. The van der Waals surface area contributed by atoms with Crippen LogP contribution in [0.25, 0.3) is 0 Å². The summed E-state index contributed by atoms with van der Waals surface area (Å²) in [5, 5.41) is 0. The quantitative estimate of drug-likeness (QED) is 0.579. The zero-order chi connectivity index (χ0) is 12.7. The predicted molar refractivity (Wildman–Crippen MR) is 61.9 cm³/mol. The largest absolute Gasteiger partial charge is 0.751 e. The van der Waals surface area contributed by atoms with Crippen molar-refractivity contribution >= 4 is 14.2 Å². The number of carbonyl (C=O) groups excluding carboxylic acids is 1. The first-order chi connectivity index (χ1) is 8.13. The Kier molecular flexibility index (Phi) is 5.60. The lowest BCUT2D eigenvalue weighted by Gasteiger charge is -2.03. The van der Waals surface area contributed by atoms with Gasteiger partial charge in [0.25, 0.3) is 0 Å². The topological polar surface area (TPSA) is 61.8 Å². The van der Waals surface area contributed by atoms with Crippen LogP contribution in [0.2, 0.25) is 0 Å². The normalized spacial score (nSPS) is 12.7. The van der Waals surface area contributed by atoms with E-state index in [-0.39, 0.29) is 6.61 Å². The smallest absolute Gasteiger partial charge is 0.464 e. The molecule has 0 saturated heterocycles. The molecule has 17 heavy (non-hydrogen) atoms. The van der Waals surface area contributed by atoms with Crippen LogP contribution in [0.4, 0.5) is 0 Å². The zero-order valence-corrected chi connectivity index (χ0v) is 10.6. The van der Waals surface area contributed by atoms with Crippen LogP contribution in [-0.2, 0) is 18.6 Å². The van der Waals surface area contributed by atoms with Gasteiger partial charge in [0.05, 0.1) is 6.61 Å². The molecule has 0 heterocycles. The van der Waals surface area contributed by atoms with Crippen molar-refractivity contribution in [2.75, 3.05) is 6.61 Å². The molecule has 1 aromatic rings. The van der Waals surface area contributed by atoms with Crippen LogP contribution in [0, 0.1) is 0 Å². The molecule has 92 valence electrons. The maximum atomic E-state index is 11.4. The molecule has 0 aliphatic carbocycles. The Balaban J connectivity index is 2.42. The number of rotatable bonds is 6. The molecule has 5 nitrogen and oxygen atoms in total. The molecule has 0 fully saturated rings. The number of benzene rings is 1. The van der Waals surface area contributed by atoms with Crippen molar-refractivity contribution in [3.63, 3.8) is 0 Å². The number of hydrogen-bond donors (Lipinski definition) is 0. The number of carbonyl (C=O) groups is 1. The fourth-order valence-electron chi connectivity index (χ4n) is 1.02. The molecule has 0 amide bonds. The van der Waals surface area contributed by atoms with Gasteiger partial charge < -0.3 is 4.74 Å². The molecule has 0 spiro atoms. The summed E-state index contributed by atoms with van der Waals surface area (Å²) in [5.41, 5.74) is 0. The van der Waals surface area contributed by atoms with Crippen molar-refractivity contribution in [3.8, 4) is 5.75 Å². The maximum Gasteiger partial charge on any atom is 0.751 e. The third kappa shape index (κ3) is 4.93. The molecular weight excluding hydrogens is 243 g/mol. The number of hydrogen-bond acceptors (Lipinski definition) is 5. The first-order valence-corrected chi connectivity index (χ1v) is 6.26. The highest BCUT2D eigenvalue weighted by Gasteiger charge is 2.31. The second-order valence-corrected chi connectivity index (χ2v) is 3.97. The van der Waals surface area contributed by atoms with E-state index < -0.39 is 20.3 Å². The van der Waals surface area contributed by atoms with E-state index in [9.17, 15) is 9.36 Å². The van der Waals surface area contributed by atoms with Crippen molar-refractivity contribution in [1.29, 1.82) is 0 Å². The Morgan fingerprint density at radius 3 is 2.59 bits per heavy atom. The van der Waals surface area contributed by atoms with E-state index in [0.29, 0.717) is 5.75 Å². The van der Waals surface area contributed by atoms with E-state index in [2.05, 4.69) is 0 Å². The van der Waals surface area contributed by atoms with Gasteiger partial charge in [0, 0.05) is 4.57 Å². The van der Waals surface area contributed by atoms with Gasteiger partial charge >= 0.3 is 14.2 Å². The van der Waals surface area contributed by atoms with Crippen LogP contribution in [-0.4, -0.2) is 18.7 Å². The summed E-state index contributed by atoms with van der Waals surface area (Å²) in [4.78, 5) is 11.2. The highest BCUT2D eigenvalue weighted by atomic mass is 31.1. The minimum absolute atomic E-state index is 0.253. The van der Waals surface area contributed by atoms with Crippen molar-refractivity contribution < 1.29 is 23.1 Å². The van der Waals surface area contributed by atoms with Gasteiger partial charge in [-0.2, -0.15) is 0 Å². The molecular formula is C11H14O5P+. The van der Waals surface area contributed by atoms with Gasteiger partial charge in [0.1, 0.15) is 0 Å². The van der Waals surface area contributed by atoms with Crippen molar-refractivity contribution in [2.45, 2.75) is 20.0 Å². The van der Waals surface area contributed by atoms with Gasteiger partial charge in [-0.05, 0) is 26.0 Å². The molecule has 1 aromatic carbocycles. The molecule has 2 atom stereocenters. The molecule has 0 radical (unpaired) electrons. The second-order valence-electron chi connectivity index (χ2n) is 3.13. The molecule has 0 N–H and O–H groups in total. The van der Waals surface area contributed by atoms with Crippen LogP contribution in [0.1, 0.15) is 13.8 Å². The first-order valence-electron chi connectivity index (χ1n) is 5.17. The molecule has 6 heteroatoms. The minimum atomic E-state index is -2.39. The Labute approximate surface area is 101 Å². The van der Waals surface area contributed by atoms with Gasteiger partial charge in [-0.15, -0.1) is 0 Å². The van der Waals surface area contributed by atoms with E-state index in [4.69, 9.17) is 13.8 Å². The Hall–Kier alpha value is -1.45. The average molecular weight is 257 g/mol. The first kappa shape index (κ1) is 13.6. The zero-order valence-electron chi connectivity index (χ0n) is 9.66. The van der Waals surface area contributed by atoms with E-state index >= 15 is 0 Å². The standard InChI is InChI=1S/C11H14O5P/c1-3-14-11(12)9(2)15-17(13)16-10-7-5-4-6-8-10/h4-9H,3H2,1-2H3/q+1/t9-/m0/s1. The van der Waals surface area contributed by atoms with Crippen LogP contribution in [0.5, 0.6) is 5.75 Å². The van der Waals surface area contributed by atoms with Crippen molar-refractivity contribution in [1.82, 2.24) is 0 Å². The van der Waals surface area contributed by atoms with Crippen LogP contribution < -0.4 is 4.52 Å². The maximum absolute atomic E-state index is 11.4. The van der Waals surface area contributed by atoms with Crippen molar-refractivity contribution in [3.05, 3.63) is 30.3 Å². The number of ether oxygens (including phenoxy) is 1. The average Bonchev–Trinajstić information content (AvgIpc) is 2.30. The summed E-state index contributed by atoms with van der Waals surface area (Å²) < 4.78 is 26.0. The van der Waals surface area contributed by atoms with Gasteiger partial charge in [-0.1, -0.05) is 22.7 Å². The third-order valence-corrected chi connectivity index (χ3v) is 2.63. The summed E-state index contributed by atoms with van der Waals surface area (Å²) in [6.07, 6.45) is -0.915. The van der Waals surface area contributed by atoms with Crippen LogP contribution in [0.15, 0.2) is 30.3 Å².